The Morgan fingerprint density at radius 3 is 2.30 bits per heavy atom. The SMILES string of the molecule is Cc1ncsc1-c1ccc([C@H](C)NC(=O)[C@@H]2C[C@@H](O)CN2C(=O)[C@H](c2cc(N3CCC4(CC3)CN(CC3CCN(CC5CC(Oc6cc(N7C8CC[C@@H]7CN(c7cc(-c9ccccc9O)nnc7N)C8)ccn6)C5)CC3)C4)no2)C(C)C)cc1. The highest BCUT2D eigenvalue weighted by molar-refractivity contribution is 7.13. The van der Waals surface area contributed by atoms with Crippen molar-refractivity contribution in [3.05, 3.63) is 102 Å². The highest BCUT2D eigenvalue weighted by Gasteiger charge is 2.48. The Balaban J connectivity index is 0.524. The summed E-state index contributed by atoms with van der Waals surface area (Å²) in [6.45, 7) is 18.5. The molecule has 6 saturated heterocycles. The van der Waals surface area contributed by atoms with Crippen LogP contribution in [0.25, 0.3) is 21.7 Å². The van der Waals surface area contributed by atoms with Gasteiger partial charge in [-0.15, -0.1) is 21.5 Å². The fourth-order valence-electron chi connectivity index (χ4n) is 15.0. The van der Waals surface area contributed by atoms with Gasteiger partial charge >= 0.3 is 0 Å². The Morgan fingerprint density at radius 1 is 0.845 bits per heavy atom. The number of aromatic hydroxyl groups is 1. The molecule has 6 aromatic rings. The van der Waals surface area contributed by atoms with Crippen LogP contribution in [0.4, 0.5) is 23.0 Å². The zero-order valence-electron chi connectivity index (χ0n) is 48.9. The Kier molecular flexibility index (Phi) is 15.8. The number of rotatable bonds is 17. The van der Waals surface area contributed by atoms with Gasteiger partial charge in [0.1, 0.15) is 23.8 Å². The second kappa shape index (κ2) is 23.5. The minimum Gasteiger partial charge on any atom is -0.507 e. The quantitative estimate of drug-likeness (QED) is 0.0677. The van der Waals surface area contributed by atoms with E-state index in [1.165, 1.54) is 38.2 Å². The van der Waals surface area contributed by atoms with E-state index in [2.05, 4.69) is 67.3 Å². The maximum absolute atomic E-state index is 14.4. The Labute approximate surface area is 496 Å². The number of carbonyl (C=O) groups is 2. The molecule has 2 aromatic carbocycles. The van der Waals surface area contributed by atoms with Crippen molar-refractivity contribution in [1.29, 1.82) is 0 Å². The number of hydrogen-bond acceptors (Lipinski definition) is 18. The van der Waals surface area contributed by atoms with Crippen LogP contribution in [0.2, 0.25) is 0 Å². The number of benzene rings is 2. The van der Waals surface area contributed by atoms with Crippen molar-refractivity contribution >= 4 is 46.2 Å². The Hall–Kier alpha value is -6.87. The number of carbonyl (C=O) groups excluding carboxylic acids is 2. The van der Waals surface area contributed by atoms with Gasteiger partial charge in [0.05, 0.1) is 39.6 Å². The normalized spacial score (nSPS) is 25.2. The van der Waals surface area contributed by atoms with Crippen molar-refractivity contribution in [3.63, 3.8) is 0 Å². The van der Waals surface area contributed by atoms with Crippen LogP contribution in [0.3, 0.4) is 0 Å². The average Bonchev–Trinajstić information content (AvgIpc) is 2.22. The van der Waals surface area contributed by atoms with Crippen molar-refractivity contribution < 1.29 is 29.1 Å². The van der Waals surface area contributed by atoms with Gasteiger partial charge in [-0.1, -0.05) is 55.4 Å². The first kappa shape index (κ1) is 56.3. The lowest BCUT2D eigenvalue weighted by atomic mass is 9.71. The number of para-hydroxylation sites is 1. The fourth-order valence-corrected chi connectivity index (χ4v) is 15.8. The first-order chi connectivity index (χ1) is 40.7. The number of aromatic nitrogens is 5. The minimum atomic E-state index is -0.795. The molecule has 444 valence electrons. The smallest absolute Gasteiger partial charge is 0.243 e. The molecule has 84 heavy (non-hydrogen) atoms. The molecular formula is C64H81N13O6S. The molecule has 13 rings (SSSR count). The van der Waals surface area contributed by atoms with Gasteiger partial charge in [0.15, 0.2) is 17.4 Å². The summed E-state index contributed by atoms with van der Waals surface area (Å²) >= 11 is 1.60. The monoisotopic (exact) mass is 1160 g/mol. The van der Waals surface area contributed by atoms with Crippen molar-refractivity contribution in [2.45, 2.75) is 128 Å². The number of nitrogens with zero attached hydrogens (tertiary/aromatic N) is 11. The van der Waals surface area contributed by atoms with Gasteiger partial charge < -0.3 is 59.9 Å². The number of phenols is 1. The third-order valence-electron chi connectivity index (χ3n) is 19.7. The number of piperidine rings is 2. The minimum absolute atomic E-state index is 0.0937. The van der Waals surface area contributed by atoms with E-state index in [-0.39, 0.29) is 48.6 Å². The maximum Gasteiger partial charge on any atom is 0.243 e. The number of phenolic OH excluding ortho intramolecular Hbond substituents is 1. The molecule has 5 N–H and O–H groups in total. The van der Waals surface area contributed by atoms with Gasteiger partial charge in [-0.3, -0.25) is 9.59 Å². The van der Waals surface area contributed by atoms with E-state index >= 15 is 0 Å². The van der Waals surface area contributed by atoms with E-state index in [4.69, 9.17) is 15.0 Å². The molecule has 0 radical (unpaired) electrons. The molecule has 6 aliphatic heterocycles. The number of hydrogen-bond donors (Lipinski definition) is 4. The summed E-state index contributed by atoms with van der Waals surface area (Å²) in [4.78, 5) is 52.6. The standard InChI is InChI=1S/C64H81N13O6S/c1-39(2)59(63(81)76-35-49(78)28-54(76)62(80)68-40(3)44-9-11-45(12-10-44)60-41(4)67-38-84-60)56-30-57(71-83-56)74-23-18-64(19-24-74)36-73(37-64)31-42-16-21-72(22-17-42)32-43-25-50(26-43)82-58-27-46(15-20-66-58)77-47-13-14-48(77)34-75(33-47)53-29-52(69-70-61(53)65)51-7-5-6-8-55(51)79/h5-12,15,20,27,29-30,38-40,42-43,47-50,54,59,78-79H,13-14,16-19,21-26,28,31-37H2,1-4H3,(H2,65,70)(H,68,80)/t40-,43?,47+,48?,49+,50?,54-,59-/m0/s1. The summed E-state index contributed by atoms with van der Waals surface area (Å²) in [6, 6.07) is 23.0. The van der Waals surface area contributed by atoms with Gasteiger partial charge in [-0.05, 0) is 137 Å². The zero-order valence-corrected chi connectivity index (χ0v) is 49.7. The van der Waals surface area contributed by atoms with Crippen LogP contribution in [-0.4, -0.2) is 164 Å². The maximum atomic E-state index is 14.4. The number of piperazine rings is 1. The molecule has 20 heteroatoms. The molecule has 1 aliphatic carbocycles. The topological polar surface area (TPSA) is 219 Å². The number of anilines is 4. The van der Waals surface area contributed by atoms with Crippen LogP contribution in [0.1, 0.15) is 108 Å². The predicted octanol–water partition coefficient (Wildman–Crippen LogP) is 8.15. The van der Waals surface area contributed by atoms with E-state index in [0.29, 0.717) is 52.1 Å². The second-order valence-corrected chi connectivity index (χ2v) is 26.7. The highest BCUT2D eigenvalue weighted by Crippen LogP contribution is 2.44. The molecule has 1 spiro atoms. The summed E-state index contributed by atoms with van der Waals surface area (Å²) in [5, 5.41) is 37.5. The van der Waals surface area contributed by atoms with Gasteiger partial charge in [0.2, 0.25) is 17.7 Å². The van der Waals surface area contributed by atoms with Crippen LogP contribution in [-0.2, 0) is 9.59 Å². The first-order valence-electron chi connectivity index (χ1n) is 30.7. The number of aryl methyl sites for hydroxylation is 1. The van der Waals surface area contributed by atoms with Gasteiger partial charge in [0, 0.05) is 107 Å². The number of nitrogen functional groups attached to an aromatic ring is 1. The molecule has 19 nitrogen and oxygen atoms in total. The number of ether oxygens (including phenoxy) is 1. The number of β-amino-alcohol motifs (C(OH)–C–C–N with tert-alkyl or cyclic N) is 1. The molecule has 7 fully saturated rings. The molecule has 1 saturated carbocycles. The molecule has 6 atom stereocenters. The number of fused-ring (bicyclic) bond motifs is 2. The number of thiazole rings is 1. The van der Waals surface area contributed by atoms with Crippen molar-refractivity contribution in [2.75, 3.05) is 92.4 Å². The molecule has 1 unspecified atom stereocenters. The summed E-state index contributed by atoms with van der Waals surface area (Å²) < 4.78 is 12.5. The number of nitrogens with two attached hydrogens (primary N) is 1. The Morgan fingerprint density at radius 2 is 1.58 bits per heavy atom. The lowest BCUT2D eigenvalue weighted by molar-refractivity contribution is -0.141. The van der Waals surface area contributed by atoms with E-state index in [9.17, 15) is 19.8 Å². The number of likely N-dealkylation sites (tertiary alicyclic amines) is 3. The lowest BCUT2D eigenvalue weighted by Crippen LogP contribution is -2.61. The van der Waals surface area contributed by atoms with Gasteiger partial charge in [-0.25, -0.2) is 9.97 Å². The summed E-state index contributed by atoms with van der Waals surface area (Å²) in [6.07, 6.45) is 10.5. The molecular weight excluding hydrogens is 1080 g/mol. The molecule has 10 heterocycles. The van der Waals surface area contributed by atoms with E-state index < -0.39 is 18.1 Å². The highest BCUT2D eigenvalue weighted by atomic mass is 32.1. The zero-order chi connectivity index (χ0) is 57.8. The van der Waals surface area contributed by atoms with E-state index in [0.717, 1.165) is 123 Å². The van der Waals surface area contributed by atoms with Crippen LogP contribution in [0, 0.1) is 30.1 Å². The van der Waals surface area contributed by atoms with Crippen LogP contribution >= 0.6 is 11.3 Å². The van der Waals surface area contributed by atoms with Crippen LogP contribution in [0.15, 0.2) is 89.0 Å². The second-order valence-electron chi connectivity index (χ2n) is 25.9. The third kappa shape index (κ3) is 11.5. The summed E-state index contributed by atoms with van der Waals surface area (Å²) in [5.74, 6) is 2.70. The predicted molar refractivity (Wildman–Crippen MR) is 325 cm³/mol. The molecule has 4 aromatic heterocycles. The number of amides is 2. The van der Waals surface area contributed by atoms with E-state index in [1.54, 1.807) is 28.4 Å². The average molecular weight is 1160 g/mol. The molecule has 2 bridgehead atoms. The number of nitrogens with one attached hydrogen (secondary N) is 1. The van der Waals surface area contributed by atoms with Crippen LogP contribution in [0.5, 0.6) is 11.6 Å². The lowest BCUT2D eigenvalue weighted by Gasteiger charge is -2.55. The van der Waals surface area contributed by atoms with E-state index in [1.807, 2.05) is 87.9 Å². The Bertz CT molecular complexity index is 3280. The summed E-state index contributed by atoms with van der Waals surface area (Å²) in [7, 11) is 0. The number of pyridine rings is 1. The number of aliphatic hydroxyl groups is 1. The molecule has 2 amide bonds. The third-order valence-corrected chi connectivity index (χ3v) is 20.7. The summed E-state index contributed by atoms with van der Waals surface area (Å²) in [5.41, 5.74) is 14.9. The fraction of sp³-hybridized carbons (Fsp3) is 0.547. The van der Waals surface area contributed by atoms with Crippen molar-refractivity contribution in [2.24, 2.45) is 23.2 Å². The van der Waals surface area contributed by atoms with Gasteiger partial charge in [-0.2, -0.15) is 0 Å². The largest absolute Gasteiger partial charge is 0.507 e. The van der Waals surface area contributed by atoms with Crippen molar-refractivity contribution in [3.8, 4) is 33.3 Å². The first-order valence-corrected chi connectivity index (χ1v) is 31.6. The number of aliphatic hydroxyl groups excluding tert-OH is 1. The van der Waals surface area contributed by atoms with Crippen molar-refractivity contribution in [1.82, 2.24) is 45.3 Å². The van der Waals surface area contributed by atoms with Crippen LogP contribution < -0.4 is 30.5 Å². The van der Waals surface area contributed by atoms with Gasteiger partial charge in [0.25, 0.3) is 0 Å². The molecule has 7 aliphatic rings.